The normalized spacial score (nSPS) is 13.0. The Labute approximate surface area is 147 Å². The Balaban J connectivity index is 2.29. The Morgan fingerprint density at radius 3 is 2.50 bits per heavy atom. The van der Waals surface area contributed by atoms with Crippen molar-refractivity contribution in [3.8, 4) is 0 Å². The van der Waals surface area contributed by atoms with Crippen molar-refractivity contribution in [2.24, 2.45) is 11.8 Å². The molecule has 0 saturated heterocycles. The molecule has 0 aliphatic heterocycles. The third-order valence-corrected chi connectivity index (χ3v) is 3.71. The summed E-state index contributed by atoms with van der Waals surface area (Å²) >= 11 is 0. The minimum absolute atomic E-state index is 0.0670. The van der Waals surface area contributed by atoms with Gasteiger partial charge >= 0.3 is 6.18 Å². The molecule has 26 heavy (non-hydrogen) atoms. The van der Waals surface area contributed by atoms with E-state index < -0.39 is 36.4 Å². The van der Waals surface area contributed by atoms with Crippen LogP contribution in [-0.2, 0) is 22.3 Å². The summed E-state index contributed by atoms with van der Waals surface area (Å²) < 4.78 is 40.6. The first-order valence-electron chi connectivity index (χ1n) is 7.95. The molecule has 0 spiro atoms. The maximum absolute atomic E-state index is 13.3. The van der Waals surface area contributed by atoms with Crippen LogP contribution in [0.2, 0.25) is 0 Å². The molecule has 1 atom stereocenters. The Hall–Kier alpha value is -2.62. The van der Waals surface area contributed by atoms with Crippen molar-refractivity contribution in [3.63, 3.8) is 0 Å². The zero-order chi connectivity index (χ0) is 19.5. The second-order valence-electron chi connectivity index (χ2n) is 6.27. The highest BCUT2D eigenvalue weighted by atomic mass is 19.4. The molecule has 7 nitrogen and oxygen atoms in total. The fourth-order valence-corrected chi connectivity index (χ4v) is 2.64. The van der Waals surface area contributed by atoms with Crippen molar-refractivity contribution in [2.75, 3.05) is 0 Å². The van der Waals surface area contributed by atoms with Crippen molar-refractivity contribution in [1.29, 1.82) is 0 Å². The molecule has 0 bridgehead atoms. The molecule has 0 aliphatic rings. The Bertz CT molecular complexity index is 801. The fraction of sp³-hybridized carbons (Fsp3) is 0.438. The molecule has 2 amide bonds. The molecular weight excluding hydrogens is 351 g/mol. The number of alkyl halides is 3. The number of carbonyl (C=O) groups is 2. The summed E-state index contributed by atoms with van der Waals surface area (Å²) in [6.45, 7) is 3.06. The van der Waals surface area contributed by atoms with E-state index in [1.54, 1.807) is 12.1 Å². The minimum atomic E-state index is -4.72. The fourth-order valence-electron chi connectivity index (χ4n) is 2.64. The average Bonchev–Trinajstić information content (AvgIpc) is 2.92. The SMILES string of the molecule is CC(C)CC(NC(=O)Cn1c(C(F)(F)F)nc2ccccc21)C(=O)NN. The lowest BCUT2D eigenvalue weighted by molar-refractivity contribution is -0.147. The number of hydrogen-bond donors (Lipinski definition) is 3. The maximum Gasteiger partial charge on any atom is 0.449 e. The topological polar surface area (TPSA) is 102 Å². The molecule has 1 aromatic heterocycles. The van der Waals surface area contributed by atoms with E-state index in [1.165, 1.54) is 12.1 Å². The number of aromatic nitrogens is 2. The van der Waals surface area contributed by atoms with E-state index in [9.17, 15) is 22.8 Å². The number of hydrogen-bond acceptors (Lipinski definition) is 4. The summed E-state index contributed by atoms with van der Waals surface area (Å²) in [5.41, 5.74) is 2.26. The average molecular weight is 371 g/mol. The summed E-state index contributed by atoms with van der Waals surface area (Å²) in [6.07, 6.45) is -4.42. The van der Waals surface area contributed by atoms with Gasteiger partial charge in [0.05, 0.1) is 11.0 Å². The number of imidazole rings is 1. The molecule has 0 aliphatic carbocycles. The number of carbonyl (C=O) groups excluding carboxylic acids is 2. The van der Waals surface area contributed by atoms with E-state index in [0.717, 1.165) is 4.57 Å². The molecule has 1 unspecified atom stereocenters. The summed E-state index contributed by atoms with van der Waals surface area (Å²) in [5, 5.41) is 2.43. The maximum atomic E-state index is 13.3. The second kappa shape index (κ2) is 7.73. The zero-order valence-electron chi connectivity index (χ0n) is 14.3. The molecule has 142 valence electrons. The van der Waals surface area contributed by atoms with Gasteiger partial charge in [0.1, 0.15) is 12.6 Å². The monoisotopic (exact) mass is 371 g/mol. The molecule has 0 radical (unpaired) electrons. The molecule has 10 heteroatoms. The van der Waals surface area contributed by atoms with Crippen LogP contribution < -0.4 is 16.6 Å². The molecular formula is C16H20F3N5O2. The number of nitrogens with zero attached hydrogens (tertiary/aromatic N) is 2. The van der Waals surface area contributed by atoms with E-state index in [0.29, 0.717) is 6.42 Å². The smallest absolute Gasteiger partial charge is 0.343 e. The third-order valence-electron chi connectivity index (χ3n) is 3.71. The lowest BCUT2D eigenvalue weighted by Gasteiger charge is -2.19. The molecule has 4 N–H and O–H groups in total. The lowest BCUT2D eigenvalue weighted by Crippen LogP contribution is -2.50. The third kappa shape index (κ3) is 4.51. The first kappa shape index (κ1) is 19.7. The van der Waals surface area contributed by atoms with Crippen LogP contribution in [0.25, 0.3) is 11.0 Å². The van der Waals surface area contributed by atoms with Crippen LogP contribution in [0, 0.1) is 5.92 Å². The van der Waals surface area contributed by atoms with Gasteiger partial charge < -0.3 is 9.88 Å². The van der Waals surface area contributed by atoms with Crippen LogP contribution in [0.3, 0.4) is 0 Å². The largest absolute Gasteiger partial charge is 0.449 e. The van der Waals surface area contributed by atoms with E-state index in [4.69, 9.17) is 5.84 Å². The Morgan fingerprint density at radius 1 is 1.27 bits per heavy atom. The zero-order valence-corrected chi connectivity index (χ0v) is 14.3. The van der Waals surface area contributed by atoms with Crippen LogP contribution in [0.5, 0.6) is 0 Å². The number of benzene rings is 1. The number of nitrogens with two attached hydrogens (primary N) is 1. The predicted octanol–water partition coefficient (Wildman–Crippen LogP) is 1.58. The van der Waals surface area contributed by atoms with Gasteiger partial charge in [-0.25, -0.2) is 10.8 Å². The molecule has 2 aromatic rings. The Morgan fingerprint density at radius 2 is 1.92 bits per heavy atom. The van der Waals surface area contributed by atoms with Gasteiger partial charge in [-0.1, -0.05) is 26.0 Å². The van der Waals surface area contributed by atoms with Crippen LogP contribution >= 0.6 is 0 Å². The van der Waals surface area contributed by atoms with Gasteiger partial charge in [0.15, 0.2) is 0 Å². The first-order valence-corrected chi connectivity index (χ1v) is 7.95. The quantitative estimate of drug-likeness (QED) is 0.408. The van der Waals surface area contributed by atoms with Gasteiger partial charge in [0.2, 0.25) is 11.7 Å². The van der Waals surface area contributed by atoms with E-state index in [1.807, 2.05) is 19.3 Å². The highest BCUT2D eigenvalue weighted by Gasteiger charge is 2.38. The van der Waals surface area contributed by atoms with Crippen molar-refractivity contribution in [3.05, 3.63) is 30.1 Å². The number of nitrogens with one attached hydrogen (secondary N) is 2. The van der Waals surface area contributed by atoms with Crippen molar-refractivity contribution in [1.82, 2.24) is 20.3 Å². The molecule has 1 heterocycles. The van der Waals surface area contributed by atoms with Crippen LogP contribution in [0.4, 0.5) is 13.2 Å². The number of rotatable bonds is 6. The van der Waals surface area contributed by atoms with Crippen molar-refractivity contribution >= 4 is 22.8 Å². The second-order valence-corrected chi connectivity index (χ2v) is 6.27. The van der Waals surface area contributed by atoms with Crippen molar-refractivity contribution < 1.29 is 22.8 Å². The summed E-state index contributed by atoms with van der Waals surface area (Å²) in [6, 6.07) is 5.06. The highest BCUT2D eigenvalue weighted by molar-refractivity contribution is 5.88. The lowest BCUT2D eigenvalue weighted by atomic mass is 10.0. The highest BCUT2D eigenvalue weighted by Crippen LogP contribution is 2.31. The molecule has 0 fully saturated rings. The number of amides is 2. The van der Waals surface area contributed by atoms with Gasteiger partial charge in [0.25, 0.3) is 5.91 Å². The van der Waals surface area contributed by atoms with E-state index in [2.05, 4.69) is 10.3 Å². The van der Waals surface area contributed by atoms with E-state index in [-0.39, 0.29) is 17.0 Å². The summed E-state index contributed by atoms with van der Waals surface area (Å²) in [7, 11) is 0. The van der Waals surface area contributed by atoms with Gasteiger partial charge in [0, 0.05) is 0 Å². The molecule has 2 rings (SSSR count). The number of halogens is 3. The molecule has 0 saturated carbocycles. The van der Waals surface area contributed by atoms with Gasteiger partial charge in [-0.2, -0.15) is 13.2 Å². The number of fused-ring (bicyclic) bond motifs is 1. The standard InChI is InChI=1S/C16H20F3N5O2/c1-9(2)7-11(14(26)23-20)21-13(25)8-24-12-6-4-3-5-10(12)22-15(24)16(17,18)19/h3-6,9,11H,7-8,20H2,1-2H3,(H,21,25)(H,23,26). The van der Waals surface area contributed by atoms with Gasteiger partial charge in [-0.3, -0.25) is 15.0 Å². The van der Waals surface area contributed by atoms with Crippen LogP contribution in [0.15, 0.2) is 24.3 Å². The van der Waals surface area contributed by atoms with Gasteiger partial charge in [-0.15, -0.1) is 0 Å². The summed E-state index contributed by atoms with van der Waals surface area (Å²) in [4.78, 5) is 27.6. The Kier molecular flexibility index (Phi) is 5.86. The summed E-state index contributed by atoms with van der Waals surface area (Å²) in [5.74, 6) is 2.64. The minimum Gasteiger partial charge on any atom is -0.343 e. The first-order chi connectivity index (χ1) is 12.1. The van der Waals surface area contributed by atoms with Gasteiger partial charge in [-0.05, 0) is 24.5 Å². The van der Waals surface area contributed by atoms with Crippen LogP contribution in [-0.4, -0.2) is 27.4 Å². The number of para-hydroxylation sites is 2. The van der Waals surface area contributed by atoms with Crippen LogP contribution in [0.1, 0.15) is 26.1 Å². The molecule has 1 aromatic carbocycles. The van der Waals surface area contributed by atoms with E-state index >= 15 is 0 Å². The number of hydrazine groups is 1. The predicted molar refractivity (Wildman–Crippen MR) is 88.5 cm³/mol. The van der Waals surface area contributed by atoms with Crippen molar-refractivity contribution in [2.45, 2.75) is 39.0 Å².